The summed E-state index contributed by atoms with van der Waals surface area (Å²) in [7, 11) is 0. The first-order valence-corrected chi connectivity index (χ1v) is 4.53. The highest BCUT2D eigenvalue weighted by molar-refractivity contribution is 5.06. The Bertz CT molecular complexity index is 204. The normalized spacial score (nSPS) is 51.2. The molecule has 0 aromatic rings. The van der Waals surface area contributed by atoms with Gasteiger partial charge in [-0.15, -0.1) is 0 Å². The Morgan fingerprint density at radius 3 is 2.62 bits per heavy atom. The Morgan fingerprint density at radius 1 is 1.31 bits per heavy atom. The second-order valence-corrected chi connectivity index (χ2v) is 3.76. The van der Waals surface area contributed by atoms with Gasteiger partial charge in [-0.1, -0.05) is 0 Å². The first-order valence-electron chi connectivity index (χ1n) is 4.53. The summed E-state index contributed by atoms with van der Waals surface area (Å²) < 4.78 is 13.2. The molecule has 2 saturated heterocycles. The number of hydrogen-bond donors (Lipinski definition) is 3. The Hall–Kier alpha value is -0.230. The van der Waals surface area contributed by atoms with E-state index in [2.05, 4.69) is 0 Å². The predicted octanol–water partition coefficient (Wildman–Crippen LogP) is -1.50. The van der Waals surface area contributed by atoms with Crippen molar-refractivity contribution in [2.45, 2.75) is 36.9 Å². The molecule has 4 nitrogen and oxygen atoms in total. The molecule has 5 heteroatoms. The second kappa shape index (κ2) is 3.16. The van der Waals surface area contributed by atoms with Gasteiger partial charge in [0.05, 0.1) is 30.9 Å². The number of fused-ring (bicyclic) bond motifs is 1. The monoisotopic (exact) mass is 191 g/mol. The molecule has 0 aromatic heterocycles. The molecule has 76 valence electrons. The van der Waals surface area contributed by atoms with E-state index < -0.39 is 30.5 Å². The molecule has 0 aliphatic carbocycles. The molecule has 5 atom stereocenters. The molecule has 0 unspecified atom stereocenters. The van der Waals surface area contributed by atoms with E-state index in [0.717, 1.165) is 0 Å². The molecule has 2 heterocycles. The molecule has 0 bridgehead atoms. The maximum Gasteiger partial charge on any atom is 0.119 e. The molecule has 2 aliphatic rings. The van der Waals surface area contributed by atoms with Gasteiger partial charge in [-0.05, 0) is 6.42 Å². The zero-order valence-corrected chi connectivity index (χ0v) is 7.17. The summed E-state index contributed by atoms with van der Waals surface area (Å²) in [5, 5.41) is 27.9. The Kier molecular flexibility index (Phi) is 2.27. The lowest BCUT2D eigenvalue weighted by atomic mass is 10.0. The van der Waals surface area contributed by atoms with Gasteiger partial charge in [-0.2, -0.15) is 0 Å². The molecule has 2 rings (SSSR count). The summed E-state index contributed by atoms with van der Waals surface area (Å²) in [6, 6.07) is -1.12. The number of aliphatic hydroxyl groups is 3. The fourth-order valence-electron chi connectivity index (χ4n) is 2.44. The quantitative estimate of drug-likeness (QED) is 0.472. The topological polar surface area (TPSA) is 63.9 Å². The van der Waals surface area contributed by atoms with Crippen LogP contribution < -0.4 is 0 Å². The SMILES string of the molecule is OC[C@@H]1[C@@H](O)[C@H](O)[C@H]2[C@@H](F)CCN21. The van der Waals surface area contributed by atoms with E-state index >= 15 is 0 Å². The average molecular weight is 191 g/mol. The second-order valence-electron chi connectivity index (χ2n) is 3.76. The lowest BCUT2D eigenvalue weighted by Crippen LogP contribution is -2.39. The van der Waals surface area contributed by atoms with Gasteiger partial charge in [0.15, 0.2) is 0 Å². The highest BCUT2D eigenvalue weighted by Crippen LogP contribution is 2.34. The third-order valence-corrected chi connectivity index (χ3v) is 3.12. The van der Waals surface area contributed by atoms with Crippen LogP contribution in [0, 0.1) is 0 Å². The van der Waals surface area contributed by atoms with Gasteiger partial charge in [0.25, 0.3) is 0 Å². The highest BCUT2D eigenvalue weighted by Gasteiger charge is 2.53. The maximum atomic E-state index is 13.2. The van der Waals surface area contributed by atoms with Crippen molar-refractivity contribution in [1.29, 1.82) is 0 Å². The summed E-state index contributed by atoms with van der Waals surface area (Å²) in [6.45, 7) is 0.270. The van der Waals surface area contributed by atoms with Crippen molar-refractivity contribution in [3.8, 4) is 0 Å². The molecule has 0 spiro atoms. The average Bonchev–Trinajstić information content (AvgIpc) is 2.57. The number of halogens is 1. The van der Waals surface area contributed by atoms with Crippen molar-refractivity contribution >= 4 is 0 Å². The standard InChI is InChI=1S/C8H14FNO3/c9-4-1-2-10-5(3-11)7(12)8(13)6(4)10/h4-8,11-13H,1-3H2/t4-,5+,6+,7+,8+/m0/s1. The van der Waals surface area contributed by atoms with Crippen LogP contribution in [0.25, 0.3) is 0 Å². The van der Waals surface area contributed by atoms with E-state index in [4.69, 9.17) is 5.11 Å². The molecular formula is C8H14FNO3. The Morgan fingerprint density at radius 2 is 2.00 bits per heavy atom. The van der Waals surface area contributed by atoms with E-state index in [0.29, 0.717) is 13.0 Å². The van der Waals surface area contributed by atoms with Crippen LogP contribution in [0.2, 0.25) is 0 Å². The smallest absolute Gasteiger partial charge is 0.119 e. The zero-order valence-electron chi connectivity index (χ0n) is 7.17. The molecule has 0 amide bonds. The summed E-state index contributed by atoms with van der Waals surface area (Å²) in [4.78, 5) is 1.67. The van der Waals surface area contributed by atoms with Crippen LogP contribution in [0.15, 0.2) is 0 Å². The third-order valence-electron chi connectivity index (χ3n) is 3.12. The van der Waals surface area contributed by atoms with E-state index in [9.17, 15) is 14.6 Å². The molecule has 0 saturated carbocycles. The van der Waals surface area contributed by atoms with E-state index in [-0.39, 0.29) is 6.61 Å². The maximum absolute atomic E-state index is 13.2. The van der Waals surface area contributed by atoms with E-state index in [1.54, 1.807) is 4.90 Å². The van der Waals surface area contributed by atoms with Gasteiger partial charge in [0.2, 0.25) is 0 Å². The lowest BCUT2D eigenvalue weighted by molar-refractivity contribution is 0.00866. The van der Waals surface area contributed by atoms with Crippen molar-refractivity contribution in [3.63, 3.8) is 0 Å². The fraction of sp³-hybridized carbons (Fsp3) is 1.00. The van der Waals surface area contributed by atoms with Crippen molar-refractivity contribution in [2.24, 2.45) is 0 Å². The molecule has 2 aliphatic heterocycles. The van der Waals surface area contributed by atoms with Crippen LogP contribution in [0.5, 0.6) is 0 Å². The van der Waals surface area contributed by atoms with Gasteiger partial charge < -0.3 is 15.3 Å². The first kappa shape index (κ1) is 9.33. The van der Waals surface area contributed by atoms with Crippen LogP contribution in [-0.4, -0.2) is 63.8 Å². The number of nitrogens with zero attached hydrogens (tertiary/aromatic N) is 1. The fourth-order valence-corrected chi connectivity index (χ4v) is 2.44. The van der Waals surface area contributed by atoms with E-state index in [1.807, 2.05) is 0 Å². The van der Waals surface area contributed by atoms with Crippen LogP contribution in [0.3, 0.4) is 0 Å². The molecular weight excluding hydrogens is 177 g/mol. The van der Waals surface area contributed by atoms with Crippen LogP contribution >= 0.6 is 0 Å². The van der Waals surface area contributed by atoms with Crippen molar-refractivity contribution in [2.75, 3.05) is 13.2 Å². The molecule has 0 radical (unpaired) electrons. The largest absolute Gasteiger partial charge is 0.395 e. The minimum atomic E-state index is -1.08. The van der Waals surface area contributed by atoms with Gasteiger partial charge in [-0.25, -0.2) is 4.39 Å². The number of hydrogen-bond acceptors (Lipinski definition) is 4. The number of rotatable bonds is 1. The van der Waals surface area contributed by atoms with Gasteiger partial charge in [0.1, 0.15) is 6.17 Å². The minimum absolute atomic E-state index is 0.235. The first-order chi connectivity index (χ1) is 6.16. The number of alkyl halides is 1. The summed E-state index contributed by atoms with van der Waals surface area (Å²) in [5.74, 6) is 0. The van der Waals surface area contributed by atoms with Gasteiger partial charge in [-0.3, -0.25) is 4.90 Å². The van der Waals surface area contributed by atoms with Crippen molar-refractivity contribution < 1.29 is 19.7 Å². The highest BCUT2D eigenvalue weighted by atomic mass is 19.1. The van der Waals surface area contributed by atoms with Gasteiger partial charge in [0, 0.05) is 6.54 Å². The molecule has 0 aromatic carbocycles. The summed E-state index contributed by atoms with van der Waals surface area (Å²) >= 11 is 0. The zero-order chi connectivity index (χ0) is 9.59. The third kappa shape index (κ3) is 1.19. The van der Waals surface area contributed by atoms with Gasteiger partial charge >= 0.3 is 0 Å². The molecule has 3 N–H and O–H groups in total. The minimum Gasteiger partial charge on any atom is -0.395 e. The van der Waals surface area contributed by atoms with E-state index in [1.165, 1.54) is 0 Å². The number of aliphatic hydroxyl groups excluding tert-OH is 3. The van der Waals surface area contributed by atoms with Crippen molar-refractivity contribution in [1.82, 2.24) is 4.90 Å². The molecule has 13 heavy (non-hydrogen) atoms. The Balaban J connectivity index is 2.19. The summed E-state index contributed by atoms with van der Waals surface area (Å²) in [6.07, 6.45) is -2.78. The van der Waals surface area contributed by atoms with Crippen LogP contribution in [0.1, 0.15) is 6.42 Å². The lowest BCUT2D eigenvalue weighted by Gasteiger charge is -2.22. The van der Waals surface area contributed by atoms with Crippen LogP contribution in [0.4, 0.5) is 4.39 Å². The van der Waals surface area contributed by atoms with Crippen LogP contribution in [-0.2, 0) is 0 Å². The van der Waals surface area contributed by atoms with Crippen molar-refractivity contribution in [3.05, 3.63) is 0 Å². The summed E-state index contributed by atoms with van der Waals surface area (Å²) in [5.41, 5.74) is 0. The predicted molar refractivity (Wildman–Crippen MR) is 42.9 cm³/mol. The molecule has 2 fully saturated rings. The Labute approximate surface area is 75.6 Å².